The first-order chi connectivity index (χ1) is 10.6. The third kappa shape index (κ3) is 2.33. The summed E-state index contributed by atoms with van der Waals surface area (Å²) in [5.41, 5.74) is 4.45. The number of H-pyrrole nitrogens is 1. The number of aromatic amines is 1. The fourth-order valence-electron chi connectivity index (χ4n) is 2.73. The molecule has 1 heterocycles. The topological polar surface area (TPSA) is 68.6 Å². The third-order valence-corrected chi connectivity index (χ3v) is 3.82. The fraction of sp³-hybridized carbons (Fsp3) is 0.167. The Morgan fingerprint density at radius 1 is 1.23 bits per heavy atom. The van der Waals surface area contributed by atoms with Crippen molar-refractivity contribution in [1.29, 1.82) is 0 Å². The largest absolute Gasteiger partial charge is 0.507 e. The van der Waals surface area contributed by atoms with Gasteiger partial charge in [-0.25, -0.2) is 0 Å². The molecule has 22 heavy (non-hydrogen) atoms. The summed E-state index contributed by atoms with van der Waals surface area (Å²) in [6.45, 7) is 4.05. The second-order valence-electron chi connectivity index (χ2n) is 5.62. The van der Waals surface area contributed by atoms with Crippen molar-refractivity contribution in [2.45, 2.75) is 20.3 Å². The Balaban J connectivity index is 2.38. The Hall–Kier alpha value is -2.75. The number of phenolic OH excluding ortho intramolecular Hbond substituents is 1. The first-order valence-corrected chi connectivity index (χ1v) is 7.18. The predicted molar refractivity (Wildman–Crippen MR) is 90.0 cm³/mol. The number of nitrogens with zero attached hydrogens (tertiary/aromatic N) is 1. The quantitative estimate of drug-likeness (QED) is 0.291. The molecule has 0 aliphatic heterocycles. The van der Waals surface area contributed by atoms with Gasteiger partial charge in [-0.3, -0.25) is 0 Å². The smallest absolute Gasteiger partial charge is 0.130 e. The second kappa shape index (κ2) is 5.56. The number of aromatic hydroxyl groups is 1. The zero-order valence-corrected chi connectivity index (χ0v) is 12.6. The number of nitrogens with one attached hydrogen (secondary N) is 1. The summed E-state index contributed by atoms with van der Waals surface area (Å²) < 4.78 is 0. The molecule has 3 N–H and O–H groups in total. The monoisotopic (exact) mass is 294 g/mol. The van der Waals surface area contributed by atoms with Gasteiger partial charge >= 0.3 is 0 Å². The molecule has 0 aliphatic carbocycles. The van der Waals surface area contributed by atoms with Crippen molar-refractivity contribution in [3.8, 4) is 5.75 Å². The zero-order chi connectivity index (χ0) is 15.7. The molecule has 4 nitrogen and oxygen atoms in total. The molecule has 4 heteroatoms. The van der Waals surface area contributed by atoms with E-state index in [2.05, 4.69) is 16.2 Å². The summed E-state index contributed by atoms with van der Waals surface area (Å²) in [5, 5.41) is 24.5. The first-order valence-electron chi connectivity index (χ1n) is 7.18. The van der Waals surface area contributed by atoms with Crippen LogP contribution in [-0.2, 0) is 6.42 Å². The van der Waals surface area contributed by atoms with Crippen molar-refractivity contribution in [3.05, 3.63) is 53.1 Å². The molecule has 0 radical (unpaired) electrons. The van der Waals surface area contributed by atoms with Crippen molar-refractivity contribution < 1.29 is 10.3 Å². The Labute approximate surface area is 128 Å². The van der Waals surface area contributed by atoms with Gasteiger partial charge in [-0.15, -0.1) is 0 Å². The highest BCUT2D eigenvalue weighted by Gasteiger charge is 2.15. The van der Waals surface area contributed by atoms with Crippen LogP contribution in [0.15, 0.2) is 47.1 Å². The highest BCUT2D eigenvalue weighted by Crippen LogP contribution is 2.35. The average molecular weight is 294 g/mol. The standard InChI is InChI=1S/C18H18N2O2/c1-11(2)7-8-14-17-15(9-12(10-19-22)18(14)21)13-5-3-4-6-16(13)20-17/h3-7,9-10,20-22H,8H2,1-2H3/b19-10+. The van der Waals surface area contributed by atoms with Crippen LogP contribution in [0.3, 0.4) is 0 Å². The maximum atomic E-state index is 10.5. The number of aromatic nitrogens is 1. The van der Waals surface area contributed by atoms with E-state index in [4.69, 9.17) is 5.21 Å². The first kappa shape index (κ1) is 14.2. The van der Waals surface area contributed by atoms with Gasteiger partial charge in [-0.1, -0.05) is 35.0 Å². The van der Waals surface area contributed by atoms with E-state index in [0.717, 1.165) is 27.4 Å². The molecular weight excluding hydrogens is 276 g/mol. The highest BCUT2D eigenvalue weighted by atomic mass is 16.4. The SMILES string of the molecule is CC(C)=CCc1c(O)c(/C=N/O)cc2c1[nH]c1ccccc12. The van der Waals surface area contributed by atoms with Crippen molar-refractivity contribution in [2.24, 2.45) is 5.16 Å². The van der Waals surface area contributed by atoms with Crippen LogP contribution in [0.1, 0.15) is 25.0 Å². The maximum absolute atomic E-state index is 10.5. The number of benzene rings is 2. The van der Waals surface area contributed by atoms with Crippen LogP contribution in [0.4, 0.5) is 0 Å². The summed E-state index contributed by atoms with van der Waals surface area (Å²) in [7, 11) is 0. The molecule has 0 aliphatic rings. The number of para-hydroxylation sites is 1. The van der Waals surface area contributed by atoms with Gasteiger partial charge in [0, 0.05) is 27.4 Å². The fourth-order valence-corrected chi connectivity index (χ4v) is 2.73. The number of phenols is 1. The minimum absolute atomic E-state index is 0.148. The number of fused-ring (bicyclic) bond motifs is 3. The lowest BCUT2D eigenvalue weighted by Gasteiger charge is -2.08. The summed E-state index contributed by atoms with van der Waals surface area (Å²) in [6.07, 6.45) is 3.95. The van der Waals surface area contributed by atoms with Crippen LogP contribution in [0.5, 0.6) is 5.75 Å². The molecule has 0 saturated heterocycles. The number of rotatable bonds is 3. The lowest BCUT2D eigenvalue weighted by Crippen LogP contribution is -1.92. The Bertz CT molecular complexity index is 900. The van der Waals surface area contributed by atoms with E-state index in [-0.39, 0.29) is 5.75 Å². The summed E-state index contributed by atoms with van der Waals surface area (Å²) >= 11 is 0. The van der Waals surface area contributed by atoms with E-state index in [1.807, 2.05) is 44.2 Å². The van der Waals surface area contributed by atoms with E-state index in [1.54, 1.807) is 0 Å². The Morgan fingerprint density at radius 2 is 2.00 bits per heavy atom. The second-order valence-corrected chi connectivity index (χ2v) is 5.62. The molecule has 0 bridgehead atoms. The van der Waals surface area contributed by atoms with E-state index in [9.17, 15) is 5.11 Å². The molecule has 3 rings (SSSR count). The molecule has 1 aromatic heterocycles. The highest BCUT2D eigenvalue weighted by molar-refractivity contribution is 6.11. The van der Waals surface area contributed by atoms with Gasteiger partial charge < -0.3 is 15.3 Å². The average Bonchev–Trinajstić information content (AvgIpc) is 2.85. The van der Waals surface area contributed by atoms with E-state index >= 15 is 0 Å². The minimum atomic E-state index is 0.148. The van der Waals surface area contributed by atoms with Crippen LogP contribution < -0.4 is 0 Å². The Morgan fingerprint density at radius 3 is 2.73 bits per heavy atom. The van der Waals surface area contributed by atoms with Crippen molar-refractivity contribution in [3.63, 3.8) is 0 Å². The van der Waals surface area contributed by atoms with Crippen molar-refractivity contribution >= 4 is 28.0 Å². The van der Waals surface area contributed by atoms with Gasteiger partial charge in [-0.05, 0) is 32.4 Å². The van der Waals surface area contributed by atoms with Crippen molar-refractivity contribution in [2.75, 3.05) is 0 Å². The third-order valence-electron chi connectivity index (χ3n) is 3.82. The molecule has 112 valence electrons. The van der Waals surface area contributed by atoms with Gasteiger partial charge in [0.2, 0.25) is 0 Å². The molecule has 0 amide bonds. The number of oxime groups is 1. The summed E-state index contributed by atoms with van der Waals surface area (Å²) in [6, 6.07) is 9.85. The molecule has 0 fully saturated rings. The van der Waals surface area contributed by atoms with E-state index in [1.165, 1.54) is 11.8 Å². The van der Waals surface area contributed by atoms with Crippen LogP contribution in [-0.4, -0.2) is 21.5 Å². The van der Waals surface area contributed by atoms with Crippen molar-refractivity contribution in [1.82, 2.24) is 4.98 Å². The predicted octanol–water partition coefficient (Wildman–Crippen LogP) is 4.34. The van der Waals surface area contributed by atoms with Gasteiger partial charge in [0.25, 0.3) is 0 Å². The Kier molecular flexibility index (Phi) is 3.59. The molecule has 2 aromatic carbocycles. The molecule has 0 spiro atoms. The summed E-state index contributed by atoms with van der Waals surface area (Å²) in [4.78, 5) is 3.38. The molecule has 0 saturated carbocycles. The number of allylic oxidation sites excluding steroid dienone is 2. The van der Waals surface area contributed by atoms with Gasteiger partial charge in [0.15, 0.2) is 0 Å². The molecule has 0 atom stereocenters. The van der Waals surface area contributed by atoms with Crippen LogP contribution in [0.25, 0.3) is 21.8 Å². The number of hydrogen-bond donors (Lipinski definition) is 3. The van der Waals surface area contributed by atoms with Crippen LogP contribution in [0.2, 0.25) is 0 Å². The molecule has 3 aromatic rings. The zero-order valence-electron chi connectivity index (χ0n) is 12.6. The summed E-state index contributed by atoms with van der Waals surface area (Å²) in [5.74, 6) is 0.148. The number of hydrogen-bond acceptors (Lipinski definition) is 3. The van der Waals surface area contributed by atoms with E-state index < -0.39 is 0 Å². The maximum Gasteiger partial charge on any atom is 0.130 e. The van der Waals surface area contributed by atoms with Crippen LogP contribution >= 0.6 is 0 Å². The van der Waals surface area contributed by atoms with Crippen LogP contribution in [0, 0.1) is 0 Å². The van der Waals surface area contributed by atoms with Gasteiger partial charge in [-0.2, -0.15) is 0 Å². The lowest BCUT2D eigenvalue weighted by molar-refractivity contribution is 0.321. The van der Waals surface area contributed by atoms with E-state index in [0.29, 0.717) is 12.0 Å². The molecule has 0 unspecified atom stereocenters. The minimum Gasteiger partial charge on any atom is -0.507 e. The van der Waals surface area contributed by atoms with Gasteiger partial charge in [0.05, 0.1) is 11.7 Å². The normalized spacial score (nSPS) is 11.5. The lowest BCUT2D eigenvalue weighted by atomic mass is 10.0. The van der Waals surface area contributed by atoms with Gasteiger partial charge in [0.1, 0.15) is 5.75 Å². The molecular formula is C18H18N2O2.